The number of nitrogens with zero attached hydrogens (tertiary/aromatic N) is 4. The van der Waals surface area contributed by atoms with Crippen LogP contribution in [0, 0.1) is 12.7 Å². The Bertz CT molecular complexity index is 1290. The zero-order chi connectivity index (χ0) is 25.0. The maximum Gasteiger partial charge on any atom is 0.354 e. The van der Waals surface area contributed by atoms with Crippen LogP contribution in [-0.4, -0.2) is 44.4 Å². The molecule has 1 N–H and O–H groups in total. The van der Waals surface area contributed by atoms with Crippen LogP contribution in [0.5, 0.6) is 0 Å². The molecule has 0 amide bonds. The predicted molar refractivity (Wildman–Crippen MR) is 130 cm³/mol. The SMILES string of the molecule is Cc1cc(C(=O)O)nc(N2[C@@H]3CC[C@H]2CC(OCc2c(-c4c(F)cccc4Cl)noc2C2CC2)C3)n1. The van der Waals surface area contributed by atoms with Gasteiger partial charge in [-0.25, -0.2) is 19.2 Å². The Morgan fingerprint density at radius 3 is 2.64 bits per heavy atom. The van der Waals surface area contributed by atoms with Crippen molar-refractivity contribution >= 4 is 23.5 Å². The van der Waals surface area contributed by atoms with Crippen molar-refractivity contribution in [1.82, 2.24) is 15.1 Å². The fourth-order valence-corrected chi connectivity index (χ4v) is 5.87. The Labute approximate surface area is 212 Å². The van der Waals surface area contributed by atoms with Crippen LogP contribution in [0.15, 0.2) is 28.8 Å². The van der Waals surface area contributed by atoms with Crippen LogP contribution in [0.1, 0.15) is 71.9 Å². The third-order valence-corrected chi connectivity index (χ3v) is 7.73. The normalized spacial score (nSPS) is 23.3. The molecule has 2 saturated heterocycles. The van der Waals surface area contributed by atoms with Gasteiger partial charge in [0.2, 0.25) is 5.95 Å². The van der Waals surface area contributed by atoms with Gasteiger partial charge in [0.15, 0.2) is 5.69 Å². The first kappa shape index (κ1) is 23.4. The third-order valence-electron chi connectivity index (χ3n) is 7.41. The molecule has 1 aliphatic carbocycles. The quantitative estimate of drug-likeness (QED) is 0.441. The van der Waals surface area contributed by atoms with Crippen LogP contribution in [0.2, 0.25) is 5.02 Å². The van der Waals surface area contributed by atoms with Crippen LogP contribution in [0.25, 0.3) is 11.3 Å². The number of fused-ring (bicyclic) bond motifs is 2. The number of rotatable bonds is 7. The Kier molecular flexibility index (Phi) is 5.92. The van der Waals surface area contributed by atoms with E-state index in [2.05, 4.69) is 20.0 Å². The average Bonchev–Trinajstić information content (AvgIpc) is 3.54. The number of hydrogen-bond acceptors (Lipinski definition) is 7. The summed E-state index contributed by atoms with van der Waals surface area (Å²) in [5.74, 6) is 0.0298. The summed E-state index contributed by atoms with van der Waals surface area (Å²) in [7, 11) is 0. The van der Waals surface area contributed by atoms with Gasteiger partial charge >= 0.3 is 5.97 Å². The molecule has 2 bridgehead atoms. The molecule has 0 spiro atoms. The summed E-state index contributed by atoms with van der Waals surface area (Å²) in [4.78, 5) is 22.5. The highest BCUT2D eigenvalue weighted by Crippen LogP contribution is 2.46. The van der Waals surface area contributed by atoms with Crippen molar-refractivity contribution in [2.75, 3.05) is 4.90 Å². The fourth-order valence-electron chi connectivity index (χ4n) is 5.62. The number of anilines is 1. The van der Waals surface area contributed by atoms with Gasteiger partial charge in [0, 0.05) is 29.3 Å². The molecular formula is C26H26ClFN4O4. The molecule has 3 aliphatic rings. The van der Waals surface area contributed by atoms with Gasteiger partial charge in [0.05, 0.1) is 23.3 Å². The summed E-state index contributed by atoms with van der Waals surface area (Å²) < 4.78 is 26.8. The minimum Gasteiger partial charge on any atom is -0.477 e. The Hall–Kier alpha value is -3.04. The molecule has 4 heterocycles. The van der Waals surface area contributed by atoms with Gasteiger partial charge in [0.1, 0.15) is 17.3 Å². The summed E-state index contributed by atoms with van der Waals surface area (Å²) in [5, 5.41) is 13.9. The third kappa shape index (κ3) is 4.24. The molecule has 2 aromatic heterocycles. The van der Waals surface area contributed by atoms with Crippen molar-refractivity contribution in [3.63, 3.8) is 0 Å². The maximum absolute atomic E-state index is 14.7. The number of carboxylic acid groups (broad SMARTS) is 1. The number of halogens is 2. The minimum absolute atomic E-state index is 0.00611. The number of piperidine rings is 1. The first-order valence-electron chi connectivity index (χ1n) is 12.3. The lowest BCUT2D eigenvalue weighted by atomic mass is 9.99. The smallest absolute Gasteiger partial charge is 0.354 e. The first-order valence-corrected chi connectivity index (χ1v) is 12.7. The molecule has 3 fully saturated rings. The van der Waals surface area contributed by atoms with E-state index in [1.165, 1.54) is 12.1 Å². The molecule has 3 aromatic rings. The number of aromatic carboxylic acids is 1. The van der Waals surface area contributed by atoms with Gasteiger partial charge in [0.25, 0.3) is 0 Å². The molecule has 36 heavy (non-hydrogen) atoms. The lowest BCUT2D eigenvalue weighted by molar-refractivity contribution is 0.0144. The highest BCUT2D eigenvalue weighted by Gasteiger charge is 2.43. The van der Waals surface area contributed by atoms with Crippen LogP contribution in [-0.2, 0) is 11.3 Å². The Morgan fingerprint density at radius 2 is 1.97 bits per heavy atom. The summed E-state index contributed by atoms with van der Waals surface area (Å²) in [6, 6.07) is 6.41. The Balaban J connectivity index is 1.21. The van der Waals surface area contributed by atoms with E-state index in [0.29, 0.717) is 17.3 Å². The van der Waals surface area contributed by atoms with Gasteiger partial charge in [-0.15, -0.1) is 0 Å². The molecule has 8 nitrogen and oxygen atoms in total. The van der Waals surface area contributed by atoms with E-state index in [4.69, 9.17) is 20.9 Å². The molecule has 10 heteroatoms. The van der Waals surface area contributed by atoms with Gasteiger partial charge in [-0.2, -0.15) is 0 Å². The highest BCUT2D eigenvalue weighted by atomic mass is 35.5. The van der Waals surface area contributed by atoms with Crippen molar-refractivity contribution in [3.05, 3.63) is 57.8 Å². The molecule has 1 unspecified atom stereocenters. The van der Waals surface area contributed by atoms with E-state index in [-0.39, 0.29) is 47.0 Å². The van der Waals surface area contributed by atoms with E-state index in [1.807, 2.05) is 0 Å². The van der Waals surface area contributed by atoms with Crippen molar-refractivity contribution in [1.29, 1.82) is 0 Å². The molecule has 1 aromatic carbocycles. The van der Waals surface area contributed by atoms with E-state index in [0.717, 1.165) is 49.8 Å². The highest BCUT2D eigenvalue weighted by molar-refractivity contribution is 6.33. The number of aryl methyl sites for hydroxylation is 1. The molecule has 6 rings (SSSR count). The lowest BCUT2D eigenvalue weighted by Crippen LogP contribution is -2.46. The number of carboxylic acids is 1. The zero-order valence-electron chi connectivity index (χ0n) is 19.8. The van der Waals surface area contributed by atoms with Crippen molar-refractivity contribution < 1.29 is 23.6 Å². The number of carbonyl (C=O) groups is 1. The van der Waals surface area contributed by atoms with Crippen LogP contribution in [0.4, 0.5) is 10.3 Å². The van der Waals surface area contributed by atoms with Crippen molar-refractivity contribution in [3.8, 4) is 11.3 Å². The van der Waals surface area contributed by atoms with E-state index >= 15 is 0 Å². The van der Waals surface area contributed by atoms with Crippen molar-refractivity contribution in [2.24, 2.45) is 0 Å². The molecule has 0 radical (unpaired) electrons. The summed E-state index contributed by atoms with van der Waals surface area (Å²) in [6.07, 6.45) is 5.52. The second-order valence-corrected chi connectivity index (χ2v) is 10.3. The summed E-state index contributed by atoms with van der Waals surface area (Å²) >= 11 is 6.34. The maximum atomic E-state index is 14.7. The Morgan fingerprint density at radius 1 is 1.22 bits per heavy atom. The van der Waals surface area contributed by atoms with Gasteiger partial charge < -0.3 is 19.3 Å². The molecule has 2 aliphatic heterocycles. The standard InChI is InChI=1S/C26H26ClFN4O4/c1-13-9-21(25(33)34)30-26(29-13)32-15-7-8-16(32)11-17(10-15)35-12-18-23(31-36-24(18)14-5-6-14)22-19(27)3-2-4-20(22)28/h2-4,9,14-17H,5-8,10-12H2,1H3,(H,33,34)/t15-,16+,17?. The average molecular weight is 513 g/mol. The largest absolute Gasteiger partial charge is 0.477 e. The van der Waals surface area contributed by atoms with E-state index in [9.17, 15) is 14.3 Å². The van der Waals surface area contributed by atoms with Gasteiger partial charge in [-0.3, -0.25) is 0 Å². The number of ether oxygens (including phenoxy) is 1. The number of aromatic nitrogens is 3. The molecule has 3 atom stereocenters. The van der Waals surface area contributed by atoms with Crippen molar-refractivity contribution in [2.45, 2.75) is 76.2 Å². The minimum atomic E-state index is -1.06. The van der Waals surface area contributed by atoms with Crippen LogP contribution >= 0.6 is 11.6 Å². The molecule has 188 valence electrons. The summed E-state index contributed by atoms with van der Waals surface area (Å²) in [6.45, 7) is 2.05. The topological polar surface area (TPSA) is 102 Å². The zero-order valence-corrected chi connectivity index (χ0v) is 20.5. The second kappa shape index (κ2) is 9.12. The molecular weight excluding hydrogens is 487 g/mol. The lowest BCUT2D eigenvalue weighted by Gasteiger charge is -2.39. The van der Waals surface area contributed by atoms with E-state index in [1.54, 1.807) is 19.1 Å². The second-order valence-electron chi connectivity index (χ2n) is 9.94. The first-order chi connectivity index (χ1) is 17.4. The molecule has 1 saturated carbocycles. The predicted octanol–water partition coefficient (Wildman–Crippen LogP) is 5.52. The van der Waals surface area contributed by atoms with Gasteiger partial charge in [-0.05, 0) is 63.6 Å². The monoisotopic (exact) mass is 512 g/mol. The van der Waals surface area contributed by atoms with Crippen LogP contribution < -0.4 is 4.90 Å². The number of benzene rings is 1. The van der Waals surface area contributed by atoms with E-state index < -0.39 is 11.8 Å². The number of hydrogen-bond donors (Lipinski definition) is 1. The summed E-state index contributed by atoms with van der Waals surface area (Å²) in [5.41, 5.74) is 2.07. The van der Waals surface area contributed by atoms with Crippen LogP contribution in [0.3, 0.4) is 0 Å². The van der Waals surface area contributed by atoms with Gasteiger partial charge in [-0.1, -0.05) is 22.8 Å². The fraction of sp³-hybridized carbons (Fsp3) is 0.462.